The van der Waals surface area contributed by atoms with E-state index in [1.54, 1.807) is 11.4 Å². The molecule has 2 unspecified atom stereocenters. The van der Waals surface area contributed by atoms with Gasteiger partial charge in [-0.15, -0.1) is 11.3 Å². The topological polar surface area (TPSA) is 109 Å². The van der Waals surface area contributed by atoms with Gasteiger partial charge in [-0.05, 0) is 11.6 Å². The van der Waals surface area contributed by atoms with E-state index in [2.05, 4.69) is 10.3 Å². The molecule has 0 bridgehead atoms. The van der Waals surface area contributed by atoms with Gasteiger partial charge in [0.05, 0.1) is 18.2 Å². The molecule has 1 saturated heterocycles. The number of amides is 2. The summed E-state index contributed by atoms with van der Waals surface area (Å²) in [5, 5.41) is 14.5. The number of ether oxygens (including phenoxy) is 1. The van der Waals surface area contributed by atoms with Gasteiger partial charge in [0.2, 0.25) is 11.8 Å². The van der Waals surface area contributed by atoms with Gasteiger partial charge in [0.25, 0.3) is 0 Å². The van der Waals surface area contributed by atoms with Gasteiger partial charge in [-0.25, -0.2) is 14.2 Å². The Labute approximate surface area is 170 Å². The fourth-order valence-corrected chi connectivity index (χ4v) is 3.78. The number of hydrogen-bond donors (Lipinski definition) is 2. The summed E-state index contributed by atoms with van der Waals surface area (Å²) in [4.78, 5) is 41.5. The second kappa shape index (κ2) is 9.10. The van der Waals surface area contributed by atoms with Crippen molar-refractivity contribution in [3.8, 4) is 0 Å². The summed E-state index contributed by atoms with van der Waals surface area (Å²) < 4.78 is 19.1. The summed E-state index contributed by atoms with van der Waals surface area (Å²) in [6.45, 7) is 1.21. The Hall–Kier alpha value is -2.85. The van der Waals surface area contributed by atoms with E-state index >= 15 is 0 Å². The molecular formula is C19H20FN3O5S. The average Bonchev–Trinajstić information content (AvgIpc) is 3.27. The maximum absolute atomic E-state index is 13.8. The number of halogens is 1. The number of thiazole rings is 1. The van der Waals surface area contributed by atoms with Gasteiger partial charge in [0, 0.05) is 25.3 Å². The van der Waals surface area contributed by atoms with Crippen LogP contribution in [0.4, 0.5) is 9.52 Å². The van der Waals surface area contributed by atoms with Crippen LogP contribution < -0.4 is 5.32 Å². The Morgan fingerprint density at radius 1 is 1.38 bits per heavy atom. The van der Waals surface area contributed by atoms with Gasteiger partial charge in [0.1, 0.15) is 18.5 Å². The third kappa shape index (κ3) is 5.36. The minimum atomic E-state index is -0.947. The van der Waals surface area contributed by atoms with Crippen LogP contribution in [0.1, 0.15) is 24.6 Å². The molecule has 1 aliphatic heterocycles. The molecule has 1 aliphatic rings. The van der Waals surface area contributed by atoms with Gasteiger partial charge >= 0.3 is 5.97 Å². The number of nitrogens with one attached hydrogen (secondary N) is 1. The van der Waals surface area contributed by atoms with E-state index in [1.807, 2.05) is 0 Å². The number of likely N-dealkylation sites (tertiary alicyclic amines) is 1. The second-order valence-electron chi connectivity index (χ2n) is 6.65. The summed E-state index contributed by atoms with van der Waals surface area (Å²) in [7, 11) is 0. The molecule has 1 aromatic carbocycles. The van der Waals surface area contributed by atoms with Crippen molar-refractivity contribution in [2.75, 3.05) is 11.9 Å². The Kier molecular flexibility index (Phi) is 6.55. The summed E-state index contributed by atoms with van der Waals surface area (Å²) in [5.41, 5.74) is 0.675. The molecule has 29 heavy (non-hydrogen) atoms. The number of β-amino-alcohol motifs (C(OH)–C–C–N with tert-alkyl or cyclic N) is 1. The predicted octanol–water partition coefficient (Wildman–Crippen LogP) is 1.49. The molecule has 0 saturated carbocycles. The third-order valence-corrected chi connectivity index (χ3v) is 5.17. The fourth-order valence-electron chi connectivity index (χ4n) is 3.04. The van der Waals surface area contributed by atoms with Crippen LogP contribution in [0.3, 0.4) is 0 Å². The van der Waals surface area contributed by atoms with Crippen LogP contribution in [0.2, 0.25) is 0 Å². The Morgan fingerprint density at radius 2 is 2.14 bits per heavy atom. The van der Waals surface area contributed by atoms with Crippen LogP contribution in [-0.4, -0.2) is 51.5 Å². The number of carbonyl (C=O) groups excluding carboxylic acids is 3. The highest BCUT2D eigenvalue weighted by Crippen LogP contribution is 2.22. The van der Waals surface area contributed by atoms with E-state index < -0.39 is 29.8 Å². The highest BCUT2D eigenvalue weighted by Gasteiger charge is 2.40. The van der Waals surface area contributed by atoms with E-state index in [-0.39, 0.29) is 37.5 Å². The molecule has 10 heteroatoms. The Balaban J connectivity index is 1.61. The summed E-state index contributed by atoms with van der Waals surface area (Å²) in [5.74, 6) is -1.89. The number of carbonyl (C=O) groups is 3. The maximum atomic E-state index is 13.8. The number of nitrogens with zero attached hydrogens (tertiary/aromatic N) is 2. The highest BCUT2D eigenvalue weighted by molar-refractivity contribution is 7.13. The lowest BCUT2D eigenvalue weighted by Crippen LogP contribution is -2.42. The van der Waals surface area contributed by atoms with Gasteiger partial charge in [-0.2, -0.15) is 0 Å². The summed E-state index contributed by atoms with van der Waals surface area (Å²) in [6, 6.07) is 4.97. The van der Waals surface area contributed by atoms with Crippen molar-refractivity contribution >= 4 is 34.3 Å². The molecular weight excluding hydrogens is 401 g/mol. The zero-order valence-electron chi connectivity index (χ0n) is 15.6. The number of esters is 1. The quantitative estimate of drug-likeness (QED) is 0.684. The van der Waals surface area contributed by atoms with E-state index in [1.165, 1.54) is 41.4 Å². The average molecular weight is 421 g/mol. The molecule has 3 rings (SSSR count). The first-order valence-electron chi connectivity index (χ1n) is 8.93. The van der Waals surface area contributed by atoms with Gasteiger partial charge in [-0.3, -0.25) is 9.59 Å². The first-order valence-corrected chi connectivity index (χ1v) is 9.81. The van der Waals surface area contributed by atoms with E-state index in [9.17, 15) is 23.9 Å². The Morgan fingerprint density at radius 3 is 2.86 bits per heavy atom. The van der Waals surface area contributed by atoms with Crippen LogP contribution >= 0.6 is 11.3 Å². The normalized spacial score (nSPS) is 18.5. The monoisotopic (exact) mass is 421 g/mol. The number of aromatic nitrogens is 1. The molecule has 154 valence electrons. The van der Waals surface area contributed by atoms with Crippen LogP contribution in [0.25, 0.3) is 0 Å². The first-order chi connectivity index (χ1) is 13.8. The Bertz CT molecular complexity index is 919. The number of rotatable bonds is 6. The molecule has 2 amide bonds. The molecule has 2 aromatic rings. The standard InChI is InChI=1S/C19H20FN3O5S/c1-11(24)21-19-22-13(10-29-19)9-28-18(27)16-7-14(25)8-23(16)17(26)6-12-4-2-3-5-15(12)20/h2-5,10,14,16,25H,6-9H2,1H3,(H,21,22,24). The number of hydrogen-bond acceptors (Lipinski definition) is 7. The lowest BCUT2D eigenvalue weighted by molar-refractivity contribution is -0.154. The van der Waals surface area contributed by atoms with E-state index in [0.717, 1.165) is 0 Å². The third-order valence-electron chi connectivity index (χ3n) is 4.37. The van der Waals surface area contributed by atoms with Crippen LogP contribution in [0.5, 0.6) is 0 Å². The SMILES string of the molecule is CC(=O)Nc1nc(COC(=O)C2CC(O)CN2C(=O)Cc2ccccc2F)cs1. The maximum Gasteiger partial charge on any atom is 0.329 e. The summed E-state index contributed by atoms with van der Waals surface area (Å²) in [6.07, 6.45) is -1.02. The van der Waals surface area contributed by atoms with Gasteiger partial charge in [0.15, 0.2) is 5.13 Å². The molecule has 0 aliphatic carbocycles. The van der Waals surface area contributed by atoms with Crippen LogP contribution in [0.15, 0.2) is 29.6 Å². The zero-order chi connectivity index (χ0) is 21.0. The number of anilines is 1. The molecule has 0 radical (unpaired) electrons. The fraction of sp³-hybridized carbons (Fsp3) is 0.368. The van der Waals surface area contributed by atoms with Crippen molar-refractivity contribution in [2.45, 2.75) is 38.5 Å². The molecule has 1 fully saturated rings. The van der Waals surface area contributed by atoms with E-state index in [4.69, 9.17) is 4.74 Å². The number of benzene rings is 1. The lowest BCUT2D eigenvalue weighted by Gasteiger charge is -2.23. The molecule has 1 aromatic heterocycles. The van der Waals surface area contributed by atoms with Crippen LogP contribution in [0, 0.1) is 5.82 Å². The zero-order valence-corrected chi connectivity index (χ0v) is 16.4. The first kappa shape index (κ1) is 20.9. The van der Waals surface area contributed by atoms with Crippen molar-refractivity contribution in [3.05, 3.63) is 46.7 Å². The lowest BCUT2D eigenvalue weighted by atomic mass is 10.1. The largest absolute Gasteiger partial charge is 0.458 e. The second-order valence-corrected chi connectivity index (χ2v) is 7.51. The number of aliphatic hydroxyl groups is 1. The smallest absolute Gasteiger partial charge is 0.329 e. The number of aliphatic hydroxyl groups excluding tert-OH is 1. The van der Waals surface area contributed by atoms with Crippen molar-refractivity contribution in [1.29, 1.82) is 0 Å². The highest BCUT2D eigenvalue weighted by atomic mass is 32.1. The predicted molar refractivity (Wildman–Crippen MR) is 102 cm³/mol. The van der Waals surface area contributed by atoms with E-state index in [0.29, 0.717) is 10.8 Å². The van der Waals surface area contributed by atoms with Crippen molar-refractivity contribution in [1.82, 2.24) is 9.88 Å². The van der Waals surface area contributed by atoms with Crippen molar-refractivity contribution in [2.24, 2.45) is 0 Å². The van der Waals surface area contributed by atoms with Gasteiger partial charge in [-0.1, -0.05) is 18.2 Å². The molecule has 2 atom stereocenters. The van der Waals surface area contributed by atoms with Crippen molar-refractivity contribution < 1.29 is 28.6 Å². The molecule has 8 nitrogen and oxygen atoms in total. The molecule has 2 heterocycles. The minimum absolute atomic E-state index is 0.0174. The summed E-state index contributed by atoms with van der Waals surface area (Å²) >= 11 is 1.20. The minimum Gasteiger partial charge on any atom is -0.458 e. The van der Waals surface area contributed by atoms with Crippen molar-refractivity contribution in [3.63, 3.8) is 0 Å². The molecule has 0 spiro atoms. The molecule has 2 N–H and O–H groups in total. The van der Waals surface area contributed by atoms with Gasteiger partial charge < -0.3 is 20.1 Å². The van der Waals surface area contributed by atoms with Crippen LogP contribution in [-0.2, 0) is 32.1 Å².